The fourth-order valence-electron chi connectivity index (χ4n) is 2.09. The topological polar surface area (TPSA) is 58.2 Å². The summed E-state index contributed by atoms with van der Waals surface area (Å²) >= 11 is 0. The molecule has 17 heavy (non-hydrogen) atoms. The third-order valence-corrected chi connectivity index (χ3v) is 4.68. The highest BCUT2D eigenvalue weighted by Gasteiger charge is 2.22. The number of hydrogen-bond donors (Lipinski definition) is 2. The molecular formula is C12H18N2O2S. The smallest absolute Gasteiger partial charge is 0.241 e. The summed E-state index contributed by atoms with van der Waals surface area (Å²) in [6.45, 7) is 3.50. The number of piperidine rings is 1. The maximum atomic E-state index is 12.2. The van der Waals surface area contributed by atoms with Crippen LogP contribution in [-0.4, -0.2) is 27.5 Å². The molecule has 1 atom stereocenters. The van der Waals surface area contributed by atoms with Gasteiger partial charge in [0.15, 0.2) is 0 Å². The minimum Gasteiger partial charge on any atom is -0.315 e. The summed E-state index contributed by atoms with van der Waals surface area (Å²) in [4.78, 5) is 0.380. The SMILES string of the molecule is Cc1ccccc1S(=O)(=O)N[C@H]1CCCNC1. The summed E-state index contributed by atoms with van der Waals surface area (Å²) in [5.41, 5.74) is 0.781. The van der Waals surface area contributed by atoms with Gasteiger partial charge in [0.1, 0.15) is 0 Å². The van der Waals surface area contributed by atoms with Gasteiger partial charge in [-0.2, -0.15) is 0 Å². The van der Waals surface area contributed by atoms with E-state index < -0.39 is 10.0 Å². The van der Waals surface area contributed by atoms with Gasteiger partial charge < -0.3 is 5.32 Å². The van der Waals surface area contributed by atoms with Gasteiger partial charge in [0.2, 0.25) is 10.0 Å². The van der Waals surface area contributed by atoms with Crippen LogP contribution in [0.4, 0.5) is 0 Å². The first-order chi connectivity index (χ1) is 8.09. The van der Waals surface area contributed by atoms with Crippen LogP contribution in [0.3, 0.4) is 0 Å². The zero-order valence-electron chi connectivity index (χ0n) is 9.94. The summed E-state index contributed by atoms with van der Waals surface area (Å²) in [6, 6.07) is 7.06. The van der Waals surface area contributed by atoms with Crippen molar-refractivity contribution in [3.05, 3.63) is 29.8 Å². The molecule has 1 aromatic rings. The van der Waals surface area contributed by atoms with Crippen molar-refractivity contribution in [1.82, 2.24) is 10.0 Å². The van der Waals surface area contributed by atoms with Crippen LogP contribution >= 0.6 is 0 Å². The molecule has 0 amide bonds. The molecule has 0 unspecified atom stereocenters. The monoisotopic (exact) mass is 254 g/mol. The third kappa shape index (κ3) is 3.06. The molecule has 1 aliphatic rings. The molecular weight excluding hydrogens is 236 g/mol. The number of nitrogens with one attached hydrogen (secondary N) is 2. The Labute approximate surface area is 102 Å². The van der Waals surface area contributed by atoms with Gasteiger partial charge in [-0.3, -0.25) is 0 Å². The normalized spacial score (nSPS) is 21.4. The zero-order valence-corrected chi connectivity index (χ0v) is 10.8. The average molecular weight is 254 g/mol. The van der Waals surface area contributed by atoms with Crippen LogP contribution in [0, 0.1) is 6.92 Å². The number of rotatable bonds is 3. The van der Waals surface area contributed by atoms with Gasteiger partial charge in [0.05, 0.1) is 4.90 Å². The lowest BCUT2D eigenvalue weighted by atomic mass is 10.1. The van der Waals surface area contributed by atoms with Crippen molar-refractivity contribution in [3.63, 3.8) is 0 Å². The Kier molecular flexibility index (Phi) is 3.81. The lowest BCUT2D eigenvalue weighted by molar-refractivity contribution is 0.428. The van der Waals surface area contributed by atoms with Crippen molar-refractivity contribution in [3.8, 4) is 0 Å². The minimum atomic E-state index is -3.38. The standard InChI is InChI=1S/C12H18N2O2S/c1-10-5-2-3-7-12(10)17(15,16)14-11-6-4-8-13-9-11/h2-3,5,7,11,13-14H,4,6,8-9H2,1H3/t11-/m0/s1. The van der Waals surface area contributed by atoms with Gasteiger partial charge in [-0.1, -0.05) is 18.2 Å². The van der Waals surface area contributed by atoms with Gasteiger partial charge in [0, 0.05) is 12.6 Å². The lowest BCUT2D eigenvalue weighted by Crippen LogP contribution is -2.45. The first-order valence-electron chi connectivity index (χ1n) is 5.88. The highest BCUT2D eigenvalue weighted by atomic mass is 32.2. The Morgan fingerprint density at radius 3 is 2.76 bits per heavy atom. The second-order valence-corrected chi connectivity index (χ2v) is 6.11. The van der Waals surface area contributed by atoms with E-state index in [1.165, 1.54) is 0 Å². The second kappa shape index (κ2) is 5.16. The number of aryl methyl sites for hydroxylation is 1. The molecule has 2 rings (SSSR count). The highest BCUT2D eigenvalue weighted by molar-refractivity contribution is 7.89. The van der Waals surface area contributed by atoms with E-state index in [1.54, 1.807) is 12.1 Å². The third-order valence-electron chi connectivity index (χ3n) is 3.00. The summed E-state index contributed by atoms with van der Waals surface area (Å²) < 4.78 is 27.1. The van der Waals surface area contributed by atoms with Crippen LogP contribution in [-0.2, 0) is 10.0 Å². The quantitative estimate of drug-likeness (QED) is 0.847. The van der Waals surface area contributed by atoms with Crippen LogP contribution in [0.5, 0.6) is 0 Å². The van der Waals surface area contributed by atoms with Gasteiger partial charge in [-0.15, -0.1) is 0 Å². The van der Waals surface area contributed by atoms with Gasteiger partial charge in [-0.25, -0.2) is 13.1 Å². The van der Waals surface area contributed by atoms with Crippen molar-refractivity contribution >= 4 is 10.0 Å². The maximum Gasteiger partial charge on any atom is 0.241 e. The van der Waals surface area contributed by atoms with Crippen LogP contribution in [0.15, 0.2) is 29.2 Å². The van der Waals surface area contributed by atoms with E-state index in [-0.39, 0.29) is 6.04 Å². The molecule has 94 valence electrons. The maximum absolute atomic E-state index is 12.2. The van der Waals surface area contributed by atoms with Crippen molar-refractivity contribution < 1.29 is 8.42 Å². The number of hydrogen-bond acceptors (Lipinski definition) is 3. The largest absolute Gasteiger partial charge is 0.315 e. The van der Waals surface area contributed by atoms with E-state index in [0.717, 1.165) is 24.9 Å². The van der Waals surface area contributed by atoms with Gasteiger partial charge in [-0.05, 0) is 37.9 Å². The molecule has 0 aliphatic carbocycles. The molecule has 0 bridgehead atoms. The molecule has 1 fully saturated rings. The van der Waals surface area contributed by atoms with Crippen LogP contribution in [0.1, 0.15) is 18.4 Å². The van der Waals surface area contributed by atoms with Crippen LogP contribution < -0.4 is 10.0 Å². The highest BCUT2D eigenvalue weighted by Crippen LogP contribution is 2.15. The van der Waals surface area contributed by atoms with E-state index in [0.29, 0.717) is 11.4 Å². The first-order valence-corrected chi connectivity index (χ1v) is 7.36. The van der Waals surface area contributed by atoms with Crippen LogP contribution in [0.25, 0.3) is 0 Å². The summed E-state index contributed by atoms with van der Waals surface area (Å²) in [5, 5.41) is 3.20. The van der Waals surface area contributed by atoms with Gasteiger partial charge >= 0.3 is 0 Å². The number of sulfonamides is 1. The molecule has 1 heterocycles. The van der Waals surface area contributed by atoms with E-state index >= 15 is 0 Å². The second-order valence-electron chi connectivity index (χ2n) is 4.43. The van der Waals surface area contributed by atoms with Gasteiger partial charge in [0.25, 0.3) is 0 Å². The minimum absolute atomic E-state index is 0.00774. The first kappa shape index (κ1) is 12.5. The van der Waals surface area contributed by atoms with E-state index in [2.05, 4.69) is 10.0 Å². The van der Waals surface area contributed by atoms with Crippen molar-refractivity contribution in [2.45, 2.75) is 30.7 Å². The van der Waals surface area contributed by atoms with E-state index in [4.69, 9.17) is 0 Å². The molecule has 1 aromatic carbocycles. The molecule has 0 spiro atoms. The Bertz CT molecular complexity index is 479. The van der Waals surface area contributed by atoms with Crippen molar-refractivity contribution in [2.75, 3.05) is 13.1 Å². The predicted octanol–water partition coefficient (Wildman–Crippen LogP) is 1.03. The summed E-state index contributed by atoms with van der Waals surface area (Å²) in [7, 11) is -3.38. The molecule has 1 aliphatic heterocycles. The number of benzene rings is 1. The Morgan fingerprint density at radius 2 is 2.12 bits per heavy atom. The molecule has 1 saturated heterocycles. The molecule has 0 saturated carbocycles. The molecule has 4 nitrogen and oxygen atoms in total. The molecule has 2 N–H and O–H groups in total. The molecule has 0 aromatic heterocycles. The van der Waals surface area contributed by atoms with E-state index in [9.17, 15) is 8.42 Å². The Hall–Kier alpha value is -0.910. The summed E-state index contributed by atoms with van der Waals surface area (Å²) in [5.74, 6) is 0. The zero-order chi connectivity index (χ0) is 12.3. The Balaban J connectivity index is 2.16. The molecule has 5 heteroatoms. The fourth-order valence-corrected chi connectivity index (χ4v) is 3.61. The fraction of sp³-hybridized carbons (Fsp3) is 0.500. The lowest BCUT2D eigenvalue weighted by Gasteiger charge is -2.23. The molecule has 0 radical (unpaired) electrons. The summed E-state index contributed by atoms with van der Waals surface area (Å²) in [6.07, 6.45) is 1.92. The average Bonchev–Trinajstić information content (AvgIpc) is 2.30. The predicted molar refractivity (Wildman–Crippen MR) is 67.4 cm³/mol. The Morgan fingerprint density at radius 1 is 1.35 bits per heavy atom. The van der Waals surface area contributed by atoms with E-state index in [1.807, 2.05) is 19.1 Å². The van der Waals surface area contributed by atoms with Crippen LogP contribution in [0.2, 0.25) is 0 Å². The van der Waals surface area contributed by atoms with Crippen molar-refractivity contribution in [1.29, 1.82) is 0 Å². The van der Waals surface area contributed by atoms with Crippen molar-refractivity contribution in [2.24, 2.45) is 0 Å².